The van der Waals surface area contributed by atoms with Gasteiger partial charge >= 0.3 is 0 Å². The molecule has 0 N–H and O–H groups in total. The van der Waals surface area contributed by atoms with E-state index in [9.17, 15) is 5.48 Å². The summed E-state index contributed by atoms with van der Waals surface area (Å²) in [5.41, 5.74) is 2.05. The molecule has 0 saturated heterocycles. The smallest absolute Gasteiger partial charge is 0.143 e. The lowest BCUT2D eigenvalue weighted by molar-refractivity contribution is 0.633. The Morgan fingerprint density at radius 1 is 0.400 bits per heavy atom. The predicted molar refractivity (Wildman–Crippen MR) is 190 cm³/mol. The van der Waals surface area contributed by atoms with Crippen molar-refractivity contribution in [2.75, 3.05) is 0 Å². The predicted octanol–water partition coefficient (Wildman–Crippen LogP) is 12.6. The van der Waals surface area contributed by atoms with E-state index >= 15 is 0 Å². The Balaban J connectivity index is 1.56. The molecule has 0 spiro atoms. The van der Waals surface area contributed by atoms with Crippen LogP contribution in [0.5, 0.6) is 0 Å². The zero-order valence-corrected chi connectivity index (χ0v) is 23.6. The lowest BCUT2D eigenvalue weighted by Gasteiger charge is -2.18. The van der Waals surface area contributed by atoms with Gasteiger partial charge in [-0.2, -0.15) is 0 Å². The van der Waals surface area contributed by atoms with E-state index in [-0.39, 0.29) is 60.7 Å². The van der Waals surface area contributed by atoms with Crippen LogP contribution in [0.25, 0.3) is 88.0 Å². The van der Waals surface area contributed by atoms with Gasteiger partial charge in [-0.3, -0.25) is 0 Å². The van der Waals surface area contributed by atoms with Crippen molar-refractivity contribution < 1.29 is 22.2 Å². The molecule has 0 saturated carbocycles. The summed E-state index contributed by atoms with van der Waals surface area (Å²) < 4.78 is 122. The van der Waals surface area contributed by atoms with Gasteiger partial charge in [0.1, 0.15) is 11.3 Å². The molecular formula is C44H28O. The van der Waals surface area contributed by atoms with Crippen molar-refractivity contribution in [1.82, 2.24) is 0 Å². The molecule has 0 amide bonds. The minimum atomic E-state index is -0.541. The highest BCUT2D eigenvalue weighted by Crippen LogP contribution is 2.50. The third kappa shape index (κ3) is 4.09. The fourth-order valence-corrected chi connectivity index (χ4v) is 6.28. The summed E-state index contributed by atoms with van der Waals surface area (Å²) in [4.78, 5) is 0. The van der Waals surface area contributed by atoms with Crippen molar-refractivity contribution in [3.05, 3.63) is 170 Å². The highest BCUT2D eigenvalue weighted by atomic mass is 16.3. The molecule has 0 unspecified atom stereocenters. The first-order chi connectivity index (χ1) is 27.7. The quantitative estimate of drug-likeness (QED) is 0.187. The molecule has 210 valence electrons. The van der Waals surface area contributed by atoms with Gasteiger partial charge in [0.2, 0.25) is 0 Å². The third-order valence-corrected chi connectivity index (χ3v) is 8.20. The fourth-order valence-electron chi connectivity index (χ4n) is 6.28. The highest BCUT2D eigenvalue weighted by Gasteiger charge is 2.25. The van der Waals surface area contributed by atoms with Crippen LogP contribution in [0.15, 0.2) is 174 Å². The first-order valence-corrected chi connectivity index (χ1v) is 14.4. The minimum absolute atomic E-state index is 0.0151. The second-order valence-corrected chi connectivity index (χ2v) is 10.7. The Morgan fingerprint density at radius 2 is 1.02 bits per heavy atom. The Labute approximate surface area is 279 Å². The fraction of sp³-hybridized carbons (Fsp3) is 0. The molecular weight excluding hydrogens is 544 g/mol. The molecule has 45 heavy (non-hydrogen) atoms. The second kappa shape index (κ2) is 10.4. The van der Waals surface area contributed by atoms with E-state index < -0.39 is 78.6 Å². The summed E-state index contributed by atoms with van der Waals surface area (Å²) in [6.45, 7) is 0. The first kappa shape index (κ1) is 15.7. The number of furan rings is 1. The van der Waals surface area contributed by atoms with Gasteiger partial charge in [0.25, 0.3) is 0 Å². The van der Waals surface area contributed by atoms with E-state index in [0.29, 0.717) is 16.5 Å². The lowest BCUT2D eigenvalue weighted by Crippen LogP contribution is -1.91. The second-order valence-electron chi connectivity index (χ2n) is 10.7. The number of benzene rings is 8. The van der Waals surface area contributed by atoms with E-state index in [4.69, 9.17) is 16.8 Å². The van der Waals surface area contributed by atoms with Gasteiger partial charge in [-0.25, -0.2) is 0 Å². The molecule has 1 aromatic heterocycles. The van der Waals surface area contributed by atoms with Gasteiger partial charge in [0.15, 0.2) is 0 Å². The lowest BCUT2D eigenvalue weighted by atomic mass is 9.84. The Morgan fingerprint density at radius 3 is 1.76 bits per heavy atom. The Kier molecular flexibility index (Phi) is 3.62. The van der Waals surface area contributed by atoms with Crippen molar-refractivity contribution in [2.45, 2.75) is 0 Å². The molecule has 9 rings (SSSR count). The topological polar surface area (TPSA) is 13.1 Å². The summed E-state index contributed by atoms with van der Waals surface area (Å²) in [5, 5.41) is 2.13. The number of hydrogen-bond donors (Lipinski definition) is 0. The standard InChI is InChI=1S/C44H28O/c1-3-14-29(15-4-1)32-26-27-39-40(28-32)45-44(38-25-13-19-30-16-7-8-20-33(30)38)43(39)42-36-23-11-9-21-34(36)41(31-17-5-2-6-18-31)35-22-10-12-24-37(35)42/h1-28H/i1D,3D,4D,9D,10D,11D,12D,14D,15D,21D,22D,23D,24D. The molecule has 8 aromatic carbocycles. The van der Waals surface area contributed by atoms with E-state index in [2.05, 4.69) is 0 Å². The molecule has 9 aromatic rings. The number of hydrogen-bond acceptors (Lipinski definition) is 1. The van der Waals surface area contributed by atoms with Crippen LogP contribution in [0, 0.1) is 0 Å². The van der Waals surface area contributed by atoms with Gasteiger partial charge < -0.3 is 4.42 Å². The average molecular weight is 586 g/mol. The molecule has 0 aliphatic rings. The summed E-state index contributed by atoms with van der Waals surface area (Å²) in [6.07, 6.45) is 0. The summed E-state index contributed by atoms with van der Waals surface area (Å²) in [5.74, 6) is 0.222. The van der Waals surface area contributed by atoms with E-state index in [1.807, 2.05) is 42.5 Å². The summed E-state index contributed by atoms with van der Waals surface area (Å²) in [7, 11) is 0. The van der Waals surface area contributed by atoms with Crippen molar-refractivity contribution in [1.29, 1.82) is 0 Å². The van der Waals surface area contributed by atoms with Crippen LogP contribution in [0.3, 0.4) is 0 Å². The van der Waals surface area contributed by atoms with Crippen molar-refractivity contribution in [3.63, 3.8) is 0 Å². The number of fused-ring (bicyclic) bond motifs is 4. The molecule has 1 heterocycles. The Hall–Kier alpha value is -5.92. The zero-order valence-electron chi connectivity index (χ0n) is 36.6. The summed E-state index contributed by atoms with van der Waals surface area (Å²) >= 11 is 0. The zero-order chi connectivity index (χ0) is 41.1. The number of rotatable bonds is 4. The van der Waals surface area contributed by atoms with Crippen molar-refractivity contribution in [3.8, 4) is 44.7 Å². The van der Waals surface area contributed by atoms with Gasteiger partial charge in [-0.1, -0.05) is 157 Å². The average Bonchev–Trinajstić information content (AvgIpc) is 3.62. The third-order valence-electron chi connectivity index (χ3n) is 8.20. The Bertz CT molecular complexity index is 3150. The monoisotopic (exact) mass is 585 g/mol. The van der Waals surface area contributed by atoms with Crippen LogP contribution in [0.1, 0.15) is 17.8 Å². The van der Waals surface area contributed by atoms with E-state index in [0.717, 1.165) is 10.8 Å². The maximum atomic E-state index is 9.48. The van der Waals surface area contributed by atoms with Gasteiger partial charge in [-0.15, -0.1) is 0 Å². The van der Waals surface area contributed by atoms with Gasteiger partial charge in [0.05, 0.1) is 17.8 Å². The van der Waals surface area contributed by atoms with Crippen LogP contribution in [0.4, 0.5) is 0 Å². The van der Waals surface area contributed by atoms with E-state index in [1.54, 1.807) is 48.5 Å². The largest absolute Gasteiger partial charge is 0.455 e. The maximum Gasteiger partial charge on any atom is 0.143 e. The first-order valence-electron chi connectivity index (χ1n) is 20.9. The van der Waals surface area contributed by atoms with Crippen molar-refractivity contribution >= 4 is 43.3 Å². The molecule has 0 aliphatic heterocycles. The van der Waals surface area contributed by atoms with Gasteiger partial charge in [0, 0.05) is 22.1 Å². The molecule has 1 heteroatoms. The molecule has 1 nitrogen and oxygen atoms in total. The van der Waals surface area contributed by atoms with Crippen LogP contribution in [0.2, 0.25) is 0 Å². The van der Waals surface area contributed by atoms with Crippen LogP contribution >= 0.6 is 0 Å². The normalized spacial score (nSPS) is 15.6. The minimum Gasteiger partial charge on any atom is -0.455 e. The highest BCUT2D eigenvalue weighted by molar-refractivity contribution is 6.25. The maximum absolute atomic E-state index is 9.48. The SMILES string of the molecule is [2H]c1c([2H])c([2H])c(-c2ccc3c(-c4c5c([2H])c([2H])c([2H])c([2H])c5c(-c5ccccc5)c5c([2H])c([2H])c([2H])c([2H])c45)c(-c4cccc5ccccc45)oc3c2)c([2H])c1[2H]. The van der Waals surface area contributed by atoms with Crippen molar-refractivity contribution in [2.24, 2.45) is 0 Å². The summed E-state index contributed by atoms with van der Waals surface area (Å²) in [6, 6.07) is 20.5. The molecule has 0 aliphatic carbocycles. The molecule has 0 atom stereocenters. The molecule has 0 bridgehead atoms. The van der Waals surface area contributed by atoms with Crippen LogP contribution < -0.4 is 0 Å². The van der Waals surface area contributed by atoms with Gasteiger partial charge in [-0.05, 0) is 66.7 Å². The van der Waals surface area contributed by atoms with Crippen LogP contribution in [-0.2, 0) is 0 Å². The van der Waals surface area contributed by atoms with E-state index in [1.165, 1.54) is 0 Å². The van der Waals surface area contributed by atoms with Crippen LogP contribution in [-0.4, -0.2) is 0 Å². The molecule has 0 radical (unpaired) electrons. The molecule has 0 fully saturated rings.